The summed E-state index contributed by atoms with van der Waals surface area (Å²) in [6.07, 6.45) is -67.5. The van der Waals surface area contributed by atoms with Gasteiger partial charge in [0.25, 0.3) is 0 Å². The fraction of sp³-hybridized carbons (Fsp3) is 1.00. The summed E-state index contributed by atoms with van der Waals surface area (Å²) in [6.45, 7) is 1.40. The molecule has 8 aliphatic rings. The van der Waals surface area contributed by atoms with E-state index in [-0.39, 0.29) is 42.4 Å². The molecule has 29 atom stereocenters. The molecule has 124 heavy (non-hydrogen) atoms. The van der Waals surface area contributed by atoms with Crippen molar-refractivity contribution in [1.82, 2.24) is 0 Å². The van der Waals surface area contributed by atoms with Gasteiger partial charge in [-0.1, -0.05) is 53.9 Å². The molecule has 4 aliphatic heterocycles. The van der Waals surface area contributed by atoms with Crippen LogP contribution in [0.4, 0.5) is 0 Å². The van der Waals surface area contributed by atoms with Gasteiger partial charge in [-0.05, 0) is 110 Å². The van der Waals surface area contributed by atoms with Gasteiger partial charge < -0.3 is 97.1 Å². The molecule has 60 nitrogen and oxygen atoms in total. The smallest absolute Gasteiger partial charge is 0.218 e. The summed E-state index contributed by atoms with van der Waals surface area (Å²) < 4.78 is 585. The number of rotatable bonds is 43. The molecule has 73 heteroatoms. The minimum absolute atomic E-state index is 0.00996. The molecular formula is C51H75O60S13-13. The van der Waals surface area contributed by atoms with Gasteiger partial charge in [0.05, 0.1) is 32.5 Å². The zero-order valence-electron chi connectivity index (χ0n) is 63.3. The molecule has 0 aromatic heterocycles. The summed E-state index contributed by atoms with van der Waals surface area (Å²) in [5.41, 5.74) is -0.500. The van der Waals surface area contributed by atoms with Crippen molar-refractivity contribution in [2.24, 2.45) is 52.3 Å². The minimum Gasteiger partial charge on any atom is -0.726 e. The Morgan fingerprint density at radius 1 is 0.298 bits per heavy atom. The van der Waals surface area contributed by atoms with Crippen LogP contribution in [0.5, 0.6) is 0 Å². The topological polar surface area (TPSA) is 937 Å². The van der Waals surface area contributed by atoms with Crippen LogP contribution in [0.1, 0.15) is 112 Å². The largest absolute Gasteiger partial charge is 0.726 e. The van der Waals surface area contributed by atoms with E-state index in [1.165, 1.54) is 0 Å². The van der Waals surface area contributed by atoms with Crippen molar-refractivity contribution >= 4 is 135 Å². The van der Waals surface area contributed by atoms with Crippen molar-refractivity contribution in [3.63, 3.8) is 0 Å². The second-order valence-corrected chi connectivity index (χ2v) is 43.5. The number of hydrogen-bond acceptors (Lipinski definition) is 60. The molecule has 0 N–H and O–H groups in total. The van der Waals surface area contributed by atoms with Gasteiger partial charge in [0.2, 0.25) is 135 Å². The van der Waals surface area contributed by atoms with E-state index >= 15 is 0 Å². The highest BCUT2D eigenvalue weighted by atomic mass is 32.3. The predicted octanol–water partition coefficient (Wildman–Crippen LogP) is -7.94. The van der Waals surface area contributed by atoms with Crippen LogP contribution in [0.15, 0.2) is 0 Å². The monoisotopic (exact) mass is 2060 g/mol. The van der Waals surface area contributed by atoms with E-state index in [0.29, 0.717) is 36.5 Å². The first-order valence-electron chi connectivity index (χ1n) is 35.4. The van der Waals surface area contributed by atoms with Gasteiger partial charge in [-0.3, -0.25) is 54.4 Å². The predicted molar refractivity (Wildman–Crippen MR) is 361 cm³/mol. The van der Waals surface area contributed by atoms with Crippen LogP contribution >= 0.6 is 0 Å². The van der Waals surface area contributed by atoms with Gasteiger partial charge in [0, 0.05) is 0 Å². The van der Waals surface area contributed by atoms with Crippen LogP contribution in [0.2, 0.25) is 0 Å². The summed E-state index contributed by atoms with van der Waals surface area (Å²) in [6, 6.07) is 0. The highest BCUT2D eigenvalue weighted by Crippen LogP contribution is 2.69. The maximum absolute atomic E-state index is 13.0. The summed E-state index contributed by atoms with van der Waals surface area (Å²) >= 11 is 0. The highest BCUT2D eigenvalue weighted by molar-refractivity contribution is 7.83. The molecule has 0 aromatic carbocycles. The molecule has 0 radical (unpaired) electrons. The summed E-state index contributed by atoms with van der Waals surface area (Å²) in [5, 5.41) is 0. The Morgan fingerprint density at radius 3 is 0.879 bits per heavy atom. The highest BCUT2D eigenvalue weighted by Gasteiger charge is 2.65. The molecule has 4 saturated carbocycles. The molecule has 4 aliphatic carbocycles. The zero-order valence-corrected chi connectivity index (χ0v) is 73.9. The number of ether oxygens (including phenoxy) is 8. The Labute approximate surface area is 710 Å². The van der Waals surface area contributed by atoms with Gasteiger partial charge in [-0.25, -0.2) is 109 Å². The summed E-state index contributed by atoms with van der Waals surface area (Å²) in [5.74, 6) is 1.67. The molecular weight excluding hydrogens is 1990 g/mol. The molecule has 8 rings (SSSR count). The summed E-state index contributed by atoms with van der Waals surface area (Å²) in [4.78, 5) is 0. The molecule has 730 valence electrons. The minimum atomic E-state index is -7.13. The van der Waals surface area contributed by atoms with Gasteiger partial charge in [0.15, 0.2) is 49.6 Å². The fourth-order valence-electron chi connectivity index (χ4n) is 17.8. The van der Waals surface area contributed by atoms with Gasteiger partial charge >= 0.3 is 0 Å². The van der Waals surface area contributed by atoms with Crippen LogP contribution in [-0.2, 0) is 227 Å². The van der Waals surface area contributed by atoms with Crippen molar-refractivity contribution in [3.8, 4) is 0 Å². The molecule has 4 heterocycles. The van der Waals surface area contributed by atoms with Gasteiger partial charge in [-0.2, -0.15) is 0 Å². The van der Waals surface area contributed by atoms with E-state index in [1.54, 1.807) is 0 Å². The van der Waals surface area contributed by atoms with E-state index in [0.717, 1.165) is 44.9 Å². The van der Waals surface area contributed by atoms with Crippen molar-refractivity contribution in [1.29, 1.82) is 0 Å². The van der Waals surface area contributed by atoms with Crippen molar-refractivity contribution < 1.29 is 261 Å². The fourth-order valence-corrected chi connectivity index (χ4v) is 23.4. The van der Waals surface area contributed by atoms with Gasteiger partial charge in [0.1, 0.15) is 73.2 Å². The van der Waals surface area contributed by atoms with E-state index in [4.69, 9.17) is 37.9 Å². The Morgan fingerprint density at radius 2 is 0.573 bits per heavy atom. The zero-order chi connectivity index (χ0) is 93.8. The molecule has 4 saturated heterocycles. The Balaban J connectivity index is 1.25. The maximum atomic E-state index is 13.0. The van der Waals surface area contributed by atoms with E-state index in [9.17, 15) is 169 Å². The average Bonchev–Trinajstić information content (AvgIpc) is 1.47. The molecule has 0 unspecified atom stereocenters. The van der Waals surface area contributed by atoms with Crippen LogP contribution < -0.4 is 0 Å². The van der Waals surface area contributed by atoms with E-state index < -0.39 is 296 Å². The third-order valence-electron chi connectivity index (χ3n) is 22.0. The lowest BCUT2D eigenvalue weighted by atomic mass is 9.44. The Hall–Kier alpha value is -2.01. The van der Waals surface area contributed by atoms with Crippen LogP contribution in [0, 0.1) is 52.3 Å². The molecule has 0 spiro atoms. The number of fused-ring (bicyclic) bond motifs is 5. The molecule has 0 bridgehead atoms. The Kier molecular flexibility index (Phi) is 34.5. The Bertz CT molecular complexity index is 5310. The third kappa shape index (κ3) is 31.8. The normalized spacial score (nSPS) is 37.1. The van der Waals surface area contributed by atoms with Crippen LogP contribution in [-0.4, -0.2) is 324 Å². The van der Waals surface area contributed by atoms with Crippen molar-refractivity contribution in [2.45, 2.75) is 241 Å². The SMILES string of the molecule is CC(C)CCC[C@@H](C)[C@H]1CC[C@H]2[C@@H]3CC[C@H]4C[C@@H](O[C@H]5O[C@H](COS(=O)(=O)[O-])[C@@H](O[C@H]6O[C@H](COS(=O)(=O)[O-])[C@@H](O[C@H]7O[C@H](COS(=O)(=O)[O-])[C@@H](O[C@H]8O[C@H](COS(=O)(=O)[O-])[C@@H](OS(=O)(=O)[O-])[C@H](OS(=O)(=O)[O-])[C@H]8OS(=O)(=O)[O-])[C@H](OS(=O)(=O)[O-])[C@H]7OS(=O)(=O)[O-])[C@H](OS(=O)(=O)[O-])[C@H]6OS(=O)(=O)[O-])[C@H](OS(=O)(=O)[O-])[C@H]5OS(=O)(=O)[O-])CC[C@]4(C)[C@H]3CC[C@]12C. The standard InChI is InChI=1S/C51H88O60S13/c1-22(2)7-6-8-23(3)27-11-12-28-26-10-9-24-17-25(13-15-50(24,4)29(26)14-16-51(27,28)5)95-46-42(108-121(79,80)81)38(104-117(67,68)69)34(30(96-46)18-91-112(52,53)54)100-47-43(109-122(82,83)84)39(105-118(70,71)72)35(31(97-47)19-92-113(55,56)57)101-48-44(110-123(85,86)87)40(106-119(73,74)75)36(32(98-48)20-93-114(58,59)60)102-49-45(111-124(88,89)90)41(107-120(76,77)78)37(103-116(64,65)66)33(99-49)21-94-115(61,62)63/h22-49H,6-21H2,1-5H3,(H,52,53,54)(H,55,56,57)(H,58,59,60)(H,61,62,63)(H,64,65,66)(H,67,68,69)(H,70,71,72)(H,73,74,75)(H,76,77,78)(H,79,80,81)(H,82,83,84)(H,85,86,87)(H,88,89,90)/p-13/t23-,24+,25+,26+,27-,28+,29+,30-,31-,32-,33-,34-,35-,36-,37-,38+,39+,40+,41+,42-,43-,44-,45-,46+,47-,48-,49-,50+,51-/m1/s1. The maximum Gasteiger partial charge on any atom is 0.218 e. The van der Waals surface area contributed by atoms with Gasteiger partial charge in [-0.15, -0.1) is 0 Å². The quantitative estimate of drug-likeness (QED) is 0.0311. The molecule has 0 aromatic rings. The van der Waals surface area contributed by atoms with Crippen molar-refractivity contribution in [2.75, 3.05) is 26.4 Å². The lowest BCUT2D eigenvalue weighted by molar-refractivity contribution is -0.380. The average molecular weight is 2060 g/mol. The second-order valence-electron chi connectivity index (χ2n) is 30.2. The lowest BCUT2D eigenvalue weighted by Gasteiger charge is -2.61. The summed E-state index contributed by atoms with van der Waals surface area (Å²) in [7, 11) is -87.9. The first-order valence-corrected chi connectivity index (χ1v) is 52.7. The second kappa shape index (κ2) is 39.9. The van der Waals surface area contributed by atoms with Crippen LogP contribution in [0.3, 0.4) is 0 Å². The van der Waals surface area contributed by atoms with Crippen LogP contribution in [0.25, 0.3) is 0 Å². The van der Waals surface area contributed by atoms with E-state index in [1.807, 2.05) is 6.92 Å². The number of hydrogen-bond donors (Lipinski definition) is 0. The first-order chi connectivity index (χ1) is 55.9. The third-order valence-corrected chi connectivity index (χ3v) is 27.8. The van der Waals surface area contributed by atoms with Crippen molar-refractivity contribution in [3.05, 3.63) is 0 Å². The first kappa shape index (κ1) is 107. The lowest BCUT2D eigenvalue weighted by Crippen LogP contribution is -2.69. The molecule has 0 amide bonds. The van der Waals surface area contributed by atoms with E-state index in [2.05, 4.69) is 82.1 Å². The molecule has 8 fully saturated rings.